The van der Waals surface area contributed by atoms with Crippen LogP contribution in [0.1, 0.15) is 19.8 Å². The predicted molar refractivity (Wildman–Crippen MR) is 80.4 cm³/mol. The average Bonchev–Trinajstić information content (AvgIpc) is 2.45. The molecule has 0 spiro atoms. The number of nitrogens with one attached hydrogen (secondary N) is 2. The van der Waals surface area contributed by atoms with Crippen molar-refractivity contribution >= 4 is 22.4 Å². The first kappa shape index (κ1) is 13.4. The van der Waals surface area contributed by atoms with Gasteiger partial charge in [-0.2, -0.15) is 0 Å². The van der Waals surface area contributed by atoms with E-state index in [9.17, 15) is 4.79 Å². The van der Waals surface area contributed by atoms with E-state index in [4.69, 9.17) is 0 Å². The van der Waals surface area contributed by atoms with E-state index >= 15 is 0 Å². The number of hydrogen-bond donors (Lipinski definition) is 2. The number of amides is 1. The van der Waals surface area contributed by atoms with Gasteiger partial charge in [0.2, 0.25) is 5.91 Å². The van der Waals surface area contributed by atoms with E-state index < -0.39 is 0 Å². The number of hydrogen-bond acceptors (Lipinski definition) is 2. The molecule has 0 aliphatic rings. The average molecular weight is 256 g/mol. The molecule has 2 rings (SSSR count). The van der Waals surface area contributed by atoms with Crippen LogP contribution in [0.5, 0.6) is 0 Å². The van der Waals surface area contributed by atoms with Gasteiger partial charge in [-0.25, -0.2) is 0 Å². The Balaban J connectivity index is 1.96. The van der Waals surface area contributed by atoms with Crippen LogP contribution in [0.4, 0.5) is 5.69 Å². The molecule has 19 heavy (non-hydrogen) atoms. The summed E-state index contributed by atoms with van der Waals surface area (Å²) >= 11 is 0. The molecule has 2 aromatic carbocycles. The number of rotatable bonds is 6. The second-order valence-corrected chi connectivity index (χ2v) is 4.58. The Kier molecular flexibility index (Phi) is 4.78. The third kappa shape index (κ3) is 3.71. The summed E-state index contributed by atoms with van der Waals surface area (Å²) in [5.74, 6) is 0.0429. The molecule has 0 heterocycles. The van der Waals surface area contributed by atoms with Crippen LogP contribution in [0.2, 0.25) is 0 Å². The van der Waals surface area contributed by atoms with Gasteiger partial charge in [-0.1, -0.05) is 49.7 Å². The first-order valence-corrected chi connectivity index (χ1v) is 6.79. The highest BCUT2D eigenvalue weighted by molar-refractivity contribution is 5.95. The van der Waals surface area contributed by atoms with Crippen molar-refractivity contribution < 1.29 is 4.79 Å². The van der Waals surface area contributed by atoms with Gasteiger partial charge in [0.05, 0.1) is 6.54 Å². The van der Waals surface area contributed by atoms with Crippen LogP contribution in [0, 0.1) is 0 Å². The monoisotopic (exact) mass is 256 g/mol. The zero-order valence-electron chi connectivity index (χ0n) is 11.3. The third-order valence-electron chi connectivity index (χ3n) is 3.08. The molecule has 0 fully saturated rings. The molecular formula is C16H20N2O. The van der Waals surface area contributed by atoms with Crippen molar-refractivity contribution in [1.29, 1.82) is 0 Å². The van der Waals surface area contributed by atoms with Crippen molar-refractivity contribution in [3.8, 4) is 0 Å². The maximum Gasteiger partial charge on any atom is 0.239 e. The van der Waals surface area contributed by atoms with Gasteiger partial charge in [0.1, 0.15) is 0 Å². The minimum atomic E-state index is 0.0429. The maximum absolute atomic E-state index is 11.7. The number of carbonyl (C=O) groups is 1. The molecule has 2 N–H and O–H groups in total. The standard InChI is InChI=1S/C16H20N2O/c1-2-3-11-17-16(19)12-18-15-10-6-8-13-7-4-5-9-14(13)15/h4-10,18H,2-3,11-12H2,1H3,(H,17,19). The molecule has 3 heteroatoms. The van der Waals surface area contributed by atoms with Crippen molar-refractivity contribution in [1.82, 2.24) is 5.32 Å². The van der Waals surface area contributed by atoms with E-state index in [1.165, 1.54) is 5.39 Å². The Morgan fingerprint density at radius 1 is 1.11 bits per heavy atom. The zero-order valence-corrected chi connectivity index (χ0v) is 11.3. The molecule has 3 nitrogen and oxygen atoms in total. The van der Waals surface area contributed by atoms with Gasteiger partial charge in [-0.05, 0) is 17.9 Å². The summed E-state index contributed by atoms with van der Waals surface area (Å²) in [4.78, 5) is 11.7. The maximum atomic E-state index is 11.7. The highest BCUT2D eigenvalue weighted by Gasteiger charge is 2.03. The number of anilines is 1. The minimum Gasteiger partial charge on any atom is -0.376 e. The van der Waals surface area contributed by atoms with E-state index in [-0.39, 0.29) is 5.91 Å². The molecule has 100 valence electrons. The van der Waals surface area contributed by atoms with Crippen molar-refractivity contribution in [2.75, 3.05) is 18.4 Å². The first-order chi connectivity index (χ1) is 9.31. The van der Waals surface area contributed by atoms with Gasteiger partial charge in [0.15, 0.2) is 0 Å². The molecule has 0 saturated carbocycles. The normalized spacial score (nSPS) is 10.4. The number of benzene rings is 2. The fourth-order valence-electron chi connectivity index (χ4n) is 2.02. The van der Waals surface area contributed by atoms with Gasteiger partial charge in [0, 0.05) is 17.6 Å². The summed E-state index contributed by atoms with van der Waals surface area (Å²) in [6.45, 7) is 3.19. The van der Waals surface area contributed by atoms with Gasteiger partial charge in [-0.3, -0.25) is 4.79 Å². The molecule has 1 amide bonds. The molecule has 0 radical (unpaired) electrons. The van der Waals surface area contributed by atoms with E-state index in [0.717, 1.165) is 30.5 Å². The van der Waals surface area contributed by atoms with Crippen molar-refractivity contribution in [3.05, 3.63) is 42.5 Å². The summed E-state index contributed by atoms with van der Waals surface area (Å²) in [6.07, 6.45) is 2.12. The van der Waals surface area contributed by atoms with E-state index in [0.29, 0.717) is 6.54 Å². The van der Waals surface area contributed by atoms with Crippen molar-refractivity contribution in [3.63, 3.8) is 0 Å². The Hall–Kier alpha value is -2.03. The lowest BCUT2D eigenvalue weighted by molar-refractivity contribution is -0.119. The quantitative estimate of drug-likeness (QED) is 0.779. The number of carbonyl (C=O) groups excluding carboxylic acids is 1. The fraction of sp³-hybridized carbons (Fsp3) is 0.312. The Bertz CT molecular complexity index is 546. The Labute approximate surface area is 114 Å². The molecule has 0 aliphatic heterocycles. The molecule has 2 aromatic rings. The summed E-state index contributed by atoms with van der Waals surface area (Å²) in [5, 5.41) is 8.43. The largest absolute Gasteiger partial charge is 0.376 e. The highest BCUT2D eigenvalue weighted by atomic mass is 16.1. The van der Waals surface area contributed by atoms with Crippen LogP contribution in [0.25, 0.3) is 10.8 Å². The SMILES string of the molecule is CCCCNC(=O)CNc1cccc2ccccc12. The van der Waals surface area contributed by atoms with Crippen molar-refractivity contribution in [2.45, 2.75) is 19.8 Å². The van der Waals surface area contributed by atoms with Crippen LogP contribution >= 0.6 is 0 Å². The van der Waals surface area contributed by atoms with Crippen LogP contribution in [-0.4, -0.2) is 19.0 Å². The van der Waals surface area contributed by atoms with E-state index in [1.807, 2.05) is 24.3 Å². The summed E-state index contributed by atoms with van der Waals surface area (Å²) in [6, 6.07) is 14.2. The van der Waals surface area contributed by atoms with E-state index in [1.54, 1.807) is 0 Å². The third-order valence-corrected chi connectivity index (χ3v) is 3.08. The fourth-order valence-corrected chi connectivity index (χ4v) is 2.02. The lowest BCUT2D eigenvalue weighted by Crippen LogP contribution is -2.30. The number of fused-ring (bicyclic) bond motifs is 1. The predicted octanol–water partition coefficient (Wildman–Crippen LogP) is 3.17. The van der Waals surface area contributed by atoms with Crippen molar-refractivity contribution in [2.24, 2.45) is 0 Å². The summed E-state index contributed by atoms with van der Waals surface area (Å²) in [5.41, 5.74) is 1.00. The van der Waals surface area contributed by atoms with Crippen LogP contribution < -0.4 is 10.6 Å². The second-order valence-electron chi connectivity index (χ2n) is 4.58. The number of unbranched alkanes of at least 4 members (excludes halogenated alkanes) is 1. The van der Waals surface area contributed by atoms with Crippen LogP contribution in [0.3, 0.4) is 0 Å². The summed E-state index contributed by atoms with van der Waals surface area (Å²) in [7, 11) is 0. The molecular weight excluding hydrogens is 236 g/mol. The Morgan fingerprint density at radius 3 is 2.74 bits per heavy atom. The Morgan fingerprint density at radius 2 is 1.89 bits per heavy atom. The van der Waals surface area contributed by atoms with E-state index in [2.05, 4.69) is 35.8 Å². The smallest absolute Gasteiger partial charge is 0.239 e. The van der Waals surface area contributed by atoms with Gasteiger partial charge >= 0.3 is 0 Å². The highest BCUT2D eigenvalue weighted by Crippen LogP contribution is 2.22. The van der Waals surface area contributed by atoms with Gasteiger partial charge in [0.25, 0.3) is 0 Å². The lowest BCUT2D eigenvalue weighted by atomic mass is 10.1. The van der Waals surface area contributed by atoms with Crippen LogP contribution in [0.15, 0.2) is 42.5 Å². The molecule has 0 atom stereocenters. The first-order valence-electron chi connectivity index (χ1n) is 6.79. The zero-order chi connectivity index (χ0) is 13.5. The van der Waals surface area contributed by atoms with Gasteiger partial charge < -0.3 is 10.6 Å². The molecule has 0 bridgehead atoms. The molecule has 0 aromatic heterocycles. The molecule has 0 aliphatic carbocycles. The minimum absolute atomic E-state index is 0.0429. The second kappa shape index (κ2) is 6.78. The topological polar surface area (TPSA) is 41.1 Å². The molecule has 0 unspecified atom stereocenters. The lowest BCUT2D eigenvalue weighted by Gasteiger charge is -2.10. The summed E-state index contributed by atoms with van der Waals surface area (Å²) < 4.78 is 0. The molecule has 0 saturated heterocycles. The van der Waals surface area contributed by atoms with Gasteiger partial charge in [-0.15, -0.1) is 0 Å². The van der Waals surface area contributed by atoms with Crippen LogP contribution in [-0.2, 0) is 4.79 Å².